The molecule has 2 heterocycles. The van der Waals surface area contributed by atoms with Gasteiger partial charge in [0, 0.05) is 25.2 Å². The summed E-state index contributed by atoms with van der Waals surface area (Å²) in [6.45, 7) is 12.6. The van der Waals surface area contributed by atoms with E-state index in [1.54, 1.807) is 6.92 Å². The van der Waals surface area contributed by atoms with Crippen LogP contribution in [0.5, 0.6) is 5.88 Å². The largest absolute Gasteiger partial charge is 0.472 e. The molecular weight excluding hydrogens is 412 g/mol. The second kappa shape index (κ2) is 11.5. The van der Waals surface area contributed by atoms with Crippen LogP contribution in [0.15, 0.2) is 0 Å². The van der Waals surface area contributed by atoms with Crippen LogP contribution < -0.4 is 15.0 Å². The number of nitrogens with zero attached hydrogens (tertiary/aromatic N) is 3. The molecule has 3 unspecified atom stereocenters. The van der Waals surface area contributed by atoms with Crippen LogP contribution >= 0.6 is 11.7 Å². The van der Waals surface area contributed by atoms with Crippen molar-refractivity contribution in [3.8, 4) is 5.88 Å². The minimum atomic E-state index is -0.852. The first-order chi connectivity index (χ1) is 14.2. The molecular formula is C19H32N4O6S. The summed E-state index contributed by atoms with van der Waals surface area (Å²) in [5, 5.41) is 3.35. The Morgan fingerprint density at radius 3 is 2.63 bits per heavy atom. The van der Waals surface area contributed by atoms with E-state index in [-0.39, 0.29) is 12.1 Å². The van der Waals surface area contributed by atoms with Crippen molar-refractivity contribution < 1.29 is 28.5 Å². The smallest absolute Gasteiger partial charge is 0.335 e. The monoisotopic (exact) mass is 444 g/mol. The van der Waals surface area contributed by atoms with Crippen LogP contribution in [0.2, 0.25) is 0 Å². The van der Waals surface area contributed by atoms with Gasteiger partial charge in [-0.25, -0.2) is 4.79 Å². The van der Waals surface area contributed by atoms with Crippen LogP contribution in [0.4, 0.5) is 5.82 Å². The van der Waals surface area contributed by atoms with Crippen molar-refractivity contribution in [1.82, 2.24) is 14.1 Å². The molecule has 1 aliphatic heterocycles. The van der Waals surface area contributed by atoms with Gasteiger partial charge >= 0.3 is 5.97 Å². The van der Waals surface area contributed by atoms with Gasteiger partial charge in [-0.1, -0.05) is 0 Å². The zero-order valence-electron chi connectivity index (χ0n) is 18.3. The van der Waals surface area contributed by atoms with Crippen molar-refractivity contribution in [2.45, 2.75) is 58.5 Å². The van der Waals surface area contributed by atoms with Crippen molar-refractivity contribution in [3.63, 3.8) is 0 Å². The standard InChI is InChI=1S/C19H32N4O6S/c1-13(11-24)28-18(25)14(2)29-15(10-20-19(3,4)5)12-27-17-16(21-30-22-17)23-6-8-26-9-7-23/h11,13-15,20H,6-10,12H2,1-5H3. The lowest BCUT2D eigenvalue weighted by molar-refractivity contribution is -0.166. The molecule has 0 saturated carbocycles. The molecule has 0 radical (unpaired) electrons. The summed E-state index contributed by atoms with van der Waals surface area (Å²) in [6.07, 6.45) is -1.55. The number of aldehydes is 1. The summed E-state index contributed by atoms with van der Waals surface area (Å²) >= 11 is 1.09. The van der Waals surface area contributed by atoms with Crippen LogP contribution in [0.3, 0.4) is 0 Å². The van der Waals surface area contributed by atoms with E-state index in [9.17, 15) is 9.59 Å². The Bertz CT molecular complexity index is 674. The molecule has 0 aromatic carbocycles. The maximum absolute atomic E-state index is 12.1. The zero-order valence-corrected chi connectivity index (χ0v) is 19.1. The summed E-state index contributed by atoms with van der Waals surface area (Å²) < 4.78 is 30.8. The normalized spacial score (nSPS) is 17.8. The number of morpholine rings is 1. The molecule has 30 heavy (non-hydrogen) atoms. The summed E-state index contributed by atoms with van der Waals surface area (Å²) in [4.78, 5) is 24.9. The van der Waals surface area contributed by atoms with Crippen LogP contribution in [-0.2, 0) is 23.8 Å². The molecule has 1 aliphatic rings. The summed E-state index contributed by atoms with van der Waals surface area (Å²) in [5.41, 5.74) is -0.140. The van der Waals surface area contributed by atoms with Crippen LogP contribution in [0, 0.1) is 0 Å². The quantitative estimate of drug-likeness (QED) is 0.392. The Labute approximate surface area is 181 Å². The fourth-order valence-electron chi connectivity index (χ4n) is 2.62. The minimum Gasteiger partial charge on any atom is -0.472 e. The van der Waals surface area contributed by atoms with Gasteiger partial charge in [0.2, 0.25) is 5.82 Å². The molecule has 0 amide bonds. The molecule has 0 aliphatic carbocycles. The lowest BCUT2D eigenvalue weighted by Crippen LogP contribution is -2.45. The molecule has 2 rings (SSSR count). The Balaban J connectivity index is 1.98. The van der Waals surface area contributed by atoms with Gasteiger partial charge in [0.15, 0.2) is 18.5 Å². The minimum absolute atomic E-state index is 0.140. The van der Waals surface area contributed by atoms with Gasteiger partial charge in [0.25, 0.3) is 5.88 Å². The Morgan fingerprint density at radius 2 is 2.00 bits per heavy atom. The average Bonchev–Trinajstić information content (AvgIpc) is 3.18. The number of aromatic nitrogens is 2. The van der Waals surface area contributed by atoms with Gasteiger partial charge in [0.1, 0.15) is 12.7 Å². The van der Waals surface area contributed by atoms with E-state index in [1.807, 2.05) is 20.8 Å². The van der Waals surface area contributed by atoms with E-state index < -0.39 is 24.3 Å². The second-order valence-electron chi connectivity index (χ2n) is 8.11. The lowest BCUT2D eigenvalue weighted by Gasteiger charge is -2.28. The van der Waals surface area contributed by atoms with Crippen molar-refractivity contribution in [3.05, 3.63) is 0 Å². The first kappa shape index (κ1) is 24.4. The molecule has 11 heteroatoms. The van der Waals surface area contributed by atoms with Crippen molar-refractivity contribution >= 4 is 29.8 Å². The predicted octanol–water partition coefficient (Wildman–Crippen LogP) is 1.05. The van der Waals surface area contributed by atoms with E-state index >= 15 is 0 Å². The Kier molecular flexibility index (Phi) is 9.40. The van der Waals surface area contributed by atoms with Gasteiger partial charge in [-0.05, 0) is 34.6 Å². The maximum atomic E-state index is 12.1. The number of esters is 1. The van der Waals surface area contributed by atoms with Crippen molar-refractivity contribution in [2.24, 2.45) is 0 Å². The fraction of sp³-hybridized carbons (Fsp3) is 0.789. The van der Waals surface area contributed by atoms with Crippen LogP contribution in [0.1, 0.15) is 34.6 Å². The highest BCUT2D eigenvalue weighted by Crippen LogP contribution is 2.26. The molecule has 3 atom stereocenters. The number of ether oxygens (including phenoxy) is 4. The van der Waals surface area contributed by atoms with Gasteiger partial charge < -0.3 is 29.2 Å². The summed E-state index contributed by atoms with van der Waals surface area (Å²) in [6, 6.07) is 0. The highest BCUT2D eigenvalue weighted by molar-refractivity contribution is 6.99. The van der Waals surface area contributed by atoms with Gasteiger partial charge in [-0.3, -0.25) is 4.79 Å². The van der Waals surface area contributed by atoms with Gasteiger partial charge in [0.05, 0.1) is 24.9 Å². The third-order valence-electron chi connectivity index (χ3n) is 4.24. The summed E-state index contributed by atoms with van der Waals surface area (Å²) in [7, 11) is 0. The molecule has 1 N–H and O–H groups in total. The van der Waals surface area contributed by atoms with Crippen LogP contribution in [-0.4, -0.2) is 84.3 Å². The number of anilines is 1. The van der Waals surface area contributed by atoms with E-state index in [4.69, 9.17) is 18.9 Å². The topological polar surface area (TPSA) is 112 Å². The van der Waals surface area contributed by atoms with Gasteiger partial charge in [-0.15, -0.1) is 4.37 Å². The van der Waals surface area contributed by atoms with E-state index in [2.05, 4.69) is 19.0 Å². The SMILES string of the molecule is CC(C=O)OC(=O)C(C)OC(CNC(C)(C)C)COc1nsnc1N1CCOCC1. The molecule has 0 bridgehead atoms. The maximum Gasteiger partial charge on any atom is 0.335 e. The molecule has 10 nitrogen and oxygen atoms in total. The van der Waals surface area contributed by atoms with E-state index in [1.165, 1.54) is 6.92 Å². The van der Waals surface area contributed by atoms with Crippen molar-refractivity contribution in [2.75, 3.05) is 44.4 Å². The number of nitrogens with one attached hydrogen (secondary N) is 1. The second-order valence-corrected chi connectivity index (χ2v) is 8.64. The lowest BCUT2D eigenvalue weighted by atomic mass is 10.1. The molecule has 1 aromatic rings. The van der Waals surface area contributed by atoms with Crippen molar-refractivity contribution in [1.29, 1.82) is 0 Å². The molecule has 1 aromatic heterocycles. The first-order valence-electron chi connectivity index (χ1n) is 10.0. The molecule has 0 spiro atoms. The first-order valence-corrected chi connectivity index (χ1v) is 10.8. The molecule has 170 valence electrons. The highest BCUT2D eigenvalue weighted by Gasteiger charge is 2.26. The zero-order chi connectivity index (χ0) is 22.1. The average molecular weight is 445 g/mol. The molecule has 1 fully saturated rings. The number of hydrogen-bond donors (Lipinski definition) is 1. The third-order valence-corrected chi connectivity index (χ3v) is 4.74. The predicted molar refractivity (Wildman–Crippen MR) is 112 cm³/mol. The Morgan fingerprint density at radius 1 is 1.30 bits per heavy atom. The van der Waals surface area contributed by atoms with Gasteiger partial charge in [-0.2, -0.15) is 4.37 Å². The van der Waals surface area contributed by atoms with E-state index in [0.717, 1.165) is 24.8 Å². The number of carbonyl (C=O) groups is 2. The molecule has 1 saturated heterocycles. The summed E-state index contributed by atoms with van der Waals surface area (Å²) in [5.74, 6) is 0.536. The van der Waals surface area contributed by atoms with E-state index in [0.29, 0.717) is 37.7 Å². The third kappa shape index (κ3) is 8.13. The fourth-order valence-corrected chi connectivity index (χ4v) is 3.14. The Hall–Kier alpha value is -1.82. The highest BCUT2D eigenvalue weighted by atomic mass is 32.1. The number of hydrogen-bond acceptors (Lipinski definition) is 11. The number of rotatable bonds is 11. The number of carbonyl (C=O) groups excluding carboxylic acids is 2. The van der Waals surface area contributed by atoms with Crippen LogP contribution in [0.25, 0.3) is 0 Å².